The largest absolute Gasteiger partial charge is 0.497 e. The quantitative estimate of drug-likeness (QED) is 0.614. The van der Waals surface area contributed by atoms with E-state index in [9.17, 15) is 14.0 Å². The van der Waals surface area contributed by atoms with Crippen LogP contribution in [0.3, 0.4) is 0 Å². The fourth-order valence-corrected chi connectivity index (χ4v) is 3.66. The zero-order chi connectivity index (χ0) is 21.3. The number of ether oxygens (including phenoxy) is 1. The standard InChI is InChI=1S/C23H18ClFN2O3/c1-30-18-12-6-15(7-13-18)22-23(29)26(20-5-3-2-4-19(20)25)14-21(28)27(22)17-10-8-16(24)9-11-17/h2-13,22H,14H2,1H3/t22-/m1/s1. The van der Waals surface area contributed by atoms with Gasteiger partial charge in [-0.25, -0.2) is 4.39 Å². The highest BCUT2D eigenvalue weighted by molar-refractivity contribution is 6.30. The number of carbonyl (C=O) groups is 2. The van der Waals surface area contributed by atoms with Gasteiger partial charge in [0.2, 0.25) is 5.91 Å². The number of methoxy groups -OCH3 is 1. The van der Waals surface area contributed by atoms with Crippen molar-refractivity contribution in [1.29, 1.82) is 0 Å². The van der Waals surface area contributed by atoms with Crippen LogP contribution < -0.4 is 14.5 Å². The summed E-state index contributed by atoms with van der Waals surface area (Å²) in [6.07, 6.45) is 0. The maximum atomic E-state index is 14.4. The SMILES string of the molecule is COc1ccc([C@@H]2C(=O)N(c3ccccc3F)CC(=O)N2c2ccc(Cl)cc2)cc1. The molecule has 0 N–H and O–H groups in total. The summed E-state index contributed by atoms with van der Waals surface area (Å²) in [6.45, 7) is -0.269. The zero-order valence-electron chi connectivity index (χ0n) is 16.1. The molecule has 3 aromatic carbocycles. The van der Waals surface area contributed by atoms with Crippen molar-refractivity contribution >= 4 is 34.8 Å². The third-order valence-electron chi connectivity index (χ3n) is 5.00. The molecular weight excluding hydrogens is 407 g/mol. The molecule has 152 valence electrons. The van der Waals surface area contributed by atoms with Gasteiger partial charge in [0.05, 0.1) is 12.8 Å². The van der Waals surface area contributed by atoms with Gasteiger partial charge >= 0.3 is 0 Å². The van der Waals surface area contributed by atoms with Crippen molar-refractivity contribution < 1.29 is 18.7 Å². The lowest BCUT2D eigenvalue weighted by atomic mass is 9.99. The number of anilines is 2. The van der Waals surface area contributed by atoms with Gasteiger partial charge in [-0.15, -0.1) is 0 Å². The smallest absolute Gasteiger partial charge is 0.255 e. The molecule has 1 heterocycles. The maximum Gasteiger partial charge on any atom is 0.255 e. The summed E-state index contributed by atoms with van der Waals surface area (Å²) in [7, 11) is 1.55. The molecule has 0 saturated carbocycles. The number of hydrogen-bond donors (Lipinski definition) is 0. The molecule has 1 aliphatic rings. The number of benzene rings is 3. The third kappa shape index (κ3) is 3.62. The van der Waals surface area contributed by atoms with Crippen molar-refractivity contribution in [3.8, 4) is 5.75 Å². The molecule has 3 aromatic rings. The molecule has 30 heavy (non-hydrogen) atoms. The number of carbonyl (C=O) groups excluding carboxylic acids is 2. The van der Waals surface area contributed by atoms with E-state index in [4.69, 9.17) is 16.3 Å². The molecule has 2 amide bonds. The van der Waals surface area contributed by atoms with E-state index in [1.54, 1.807) is 61.7 Å². The molecule has 1 atom stereocenters. The van der Waals surface area contributed by atoms with Gasteiger partial charge in [-0.2, -0.15) is 0 Å². The number of hydrogen-bond acceptors (Lipinski definition) is 3. The number of nitrogens with zero attached hydrogens (tertiary/aromatic N) is 2. The van der Waals surface area contributed by atoms with Crippen LogP contribution >= 0.6 is 11.6 Å². The Morgan fingerprint density at radius 3 is 2.27 bits per heavy atom. The Kier molecular flexibility index (Phi) is 5.42. The molecule has 0 unspecified atom stereocenters. The van der Waals surface area contributed by atoms with Crippen LogP contribution in [0.1, 0.15) is 11.6 Å². The lowest BCUT2D eigenvalue weighted by Gasteiger charge is -2.40. The van der Waals surface area contributed by atoms with Crippen LogP contribution in [0.2, 0.25) is 5.02 Å². The van der Waals surface area contributed by atoms with Crippen LogP contribution in [-0.4, -0.2) is 25.5 Å². The maximum absolute atomic E-state index is 14.4. The van der Waals surface area contributed by atoms with E-state index in [-0.39, 0.29) is 18.1 Å². The summed E-state index contributed by atoms with van der Waals surface area (Å²) >= 11 is 5.99. The molecule has 7 heteroatoms. The Balaban J connectivity index is 1.82. The summed E-state index contributed by atoms with van der Waals surface area (Å²) < 4.78 is 19.6. The lowest BCUT2D eigenvalue weighted by molar-refractivity contribution is -0.128. The minimum absolute atomic E-state index is 0.0742. The summed E-state index contributed by atoms with van der Waals surface area (Å²) in [4.78, 5) is 29.3. The van der Waals surface area contributed by atoms with Gasteiger partial charge in [0, 0.05) is 10.7 Å². The number of piperazine rings is 1. The molecule has 0 aliphatic carbocycles. The first-order valence-corrected chi connectivity index (χ1v) is 9.65. The number of para-hydroxylation sites is 1. The van der Waals surface area contributed by atoms with Gasteiger partial charge in [0.1, 0.15) is 24.2 Å². The highest BCUT2D eigenvalue weighted by Gasteiger charge is 2.42. The first-order chi connectivity index (χ1) is 14.5. The lowest BCUT2D eigenvalue weighted by Crippen LogP contribution is -2.56. The van der Waals surface area contributed by atoms with E-state index in [0.717, 1.165) is 0 Å². The van der Waals surface area contributed by atoms with E-state index in [2.05, 4.69) is 0 Å². The predicted octanol–water partition coefficient (Wildman–Crippen LogP) is 4.61. The second-order valence-corrected chi connectivity index (χ2v) is 7.23. The van der Waals surface area contributed by atoms with Crippen LogP contribution in [0.15, 0.2) is 72.8 Å². The third-order valence-corrected chi connectivity index (χ3v) is 5.25. The van der Waals surface area contributed by atoms with E-state index in [1.165, 1.54) is 28.0 Å². The van der Waals surface area contributed by atoms with Crippen molar-refractivity contribution in [2.75, 3.05) is 23.5 Å². The van der Waals surface area contributed by atoms with Gasteiger partial charge in [-0.05, 0) is 54.1 Å². The normalized spacial score (nSPS) is 16.7. The molecule has 1 aliphatic heterocycles. The average molecular weight is 425 g/mol. The summed E-state index contributed by atoms with van der Waals surface area (Å²) in [5.74, 6) is -0.676. The van der Waals surface area contributed by atoms with Gasteiger partial charge in [-0.3, -0.25) is 19.4 Å². The molecule has 0 bridgehead atoms. The number of halogens is 2. The Morgan fingerprint density at radius 2 is 1.63 bits per heavy atom. The molecule has 1 fully saturated rings. The van der Waals surface area contributed by atoms with E-state index >= 15 is 0 Å². The van der Waals surface area contributed by atoms with Crippen LogP contribution in [0, 0.1) is 5.82 Å². The van der Waals surface area contributed by atoms with Gasteiger partial charge in [0.15, 0.2) is 0 Å². The topological polar surface area (TPSA) is 49.9 Å². The number of amides is 2. The predicted molar refractivity (Wildman–Crippen MR) is 113 cm³/mol. The Morgan fingerprint density at radius 1 is 0.967 bits per heavy atom. The summed E-state index contributed by atoms with van der Waals surface area (Å²) in [6, 6.07) is 18.5. The second kappa shape index (κ2) is 8.16. The molecule has 1 saturated heterocycles. The first kappa shape index (κ1) is 19.9. The molecular formula is C23H18ClFN2O3. The van der Waals surface area contributed by atoms with Crippen molar-refractivity contribution in [2.24, 2.45) is 0 Å². The van der Waals surface area contributed by atoms with Gasteiger partial charge < -0.3 is 4.74 Å². The Hall–Kier alpha value is -3.38. The minimum Gasteiger partial charge on any atom is -0.497 e. The van der Waals surface area contributed by atoms with Crippen LogP contribution in [0.5, 0.6) is 5.75 Å². The van der Waals surface area contributed by atoms with Crippen molar-refractivity contribution in [2.45, 2.75) is 6.04 Å². The highest BCUT2D eigenvalue weighted by atomic mass is 35.5. The average Bonchev–Trinajstić information content (AvgIpc) is 2.76. The van der Waals surface area contributed by atoms with Crippen molar-refractivity contribution in [1.82, 2.24) is 0 Å². The van der Waals surface area contributed by atoms with Crippen LogP contribution in [0.25, 0.3) is 0 Å². The fraction of sp³-hybridized carbons (Fsp3) is 0.130. The van der Waals surface area contributed by atoms with E-state index in [1.807, 2.05) is 0 Å². The highest BCUT2D eigenvalue weighted by Crippen LogP contribution is 2.36. The Labute approximate surface area is 178 Å². The minimum atomic E-state index is -0.960. The molecule has 0 radical (unpaired) electrons. The van der Waals surface area contributed by atoms with E-state index in [0.29, 0.717) is 22.0 Å². The summed E-state index contributed by atoms with van der Waals surface area (Å²) in [5.41, 5.74) is 1.20. The monoisotopic (exact) mass is 424 g/mol. The van der Waals surface area contributed by atoms with Crippen molar-refractivity contribution in [3.63, 3.8) is 0 Å². The second-order valence-electron chi connectivity index (χ2n) is 6.79. The van der Waals surface area contributed by atoms with Crippen LogP contribution in [-0.2, 0) is 9.59 Å². The molecule has 5 nitrogen and oxygen atoms in total. The fourth-order valence-electron chi connectivity index (χ4n) is 3.54. The van der Waals surface area contributed by atoms with Crippen LogP contribution in [0.4, 0.5) is 15.8 Å². The van der Waals surface area contributed by atoms with Gasteiger partial charge in [-0.1, -0.05) is 35.9 Å². The summed E-state index contributed by atoms with van der Waals surface area (Å²) in [5, 5.41) is 0.517. The zero-order valence-corrected chi connectivity index (χ0v) is 16.8. The molecule has 4 rings (SSSR count). The van der Waals surface area contributed by atoms with Gasteiger partial charge in [0.25, 0.3) is 5.91 Å². The molecule has 0 aromatic heterocycles. The van der Waals surface area contributed by atoms with E-state index < -0.39 is 17.8 Å². The number of rotatable bonds is 4. The van der Waals surface area contributed by atoms with Crippen molar-refractivity contribution in [3.05, 3.63) is 89.2 Å². The molecule has 0 spiro atoms. The Bertz CT molecular complexity index is 1090. The first-order valence-electron chi connectivity index (χ1n) is 9.27.